The van der Waals surface area contributed by atoms with E-state index in [2.05, 4.69) is 195 Å². The maximum Gasteiger partial charge on any atom is 0.0546 e. The van der Waals surface area contributed by atoms with Gasteiger partial charge in [-0.3, -0.25) is 0 Å². The summed E-state index contributed by atoms with van der Waals surface area (Å²) in [6.45, 7) is 4.76. The molecule has 1 aliphatic rings. The Morgan fingerprint density at radius 3 is 1.85 bits per heavy atom. The van der Waals surface area contributed by atoms with Crippen LogP contribution in [0.25, 0.3) is 54.9 Å². The lowest BCUT2D eigenvalue weighted by Gasteiger charge is -2.38. The van der Waals surface area contributed by atoms with E-state index in [0.29, 0.717) is 0 Å². The van der Waals surface area contributed by atoms with E-state index in [0.717, 1.165) is 11.4 Å². The van der Waals surface area contributed by atoms with Gasteiger partial charge in [-0.05, 0) is 96.9 Å². The van der Waals surface area contributed by atoms with Gasteiger partial charge in [0.05, 0.1) is 5.69 Å². The normalized spacial score (nSPS) is 13.0. The van der Waals surface area contributed by atoms with Gasteiger partial charge < -0.3 is 4.90 Å². The Balaban J connectivity index is 1.32. The molecule has 0 saturated carbocycles. The average molecular weight is 614 g/mol. The van der Waals surface area contributed by atoms with Gasteiger partial charge in [-0.15, -0.1) is 0 Å². The van der Waals surface area contributed by atoms with Crippen molar-refractivity contribution in [3.8, 4) is 33.4 Å². The Kier molecular flexibility index (Phi) is 6.55. The smallest absolute Gasteiger partial charge is 0.0546 e. The van der Waals surface area contributed by atoms with Crippen molar-refractivity contribution in [2.75, 3.05) is 4.90 Å². The quantitative estimate of drug-likeness (QED) is 0.187. The molecule has 0 spiro atoms. The number of hydrogen-bond acceptors (Lipinski definition) is 1. The van der Waals surface area contributed by atoms with Gasteiger partial charge >= 0.3 is 0 Å². The predicted octanol–water partition coefficient (Wildman–Crippen LogP) is 13.1. The summed E-state index contributed by atoms with van der Waals surface area (Å²) >= 11 is 0. The highest BCUT2D eigenvalue weighted by Gasteiger charge is 2.36. The van der Waals surface area contributed by atoms with E-state index in [9.17, 15) is 0 Å². The van der Waals surface area contributed by atoms with Crippen LogP contribution in [0.1, 0.15) is 25.0 Å². The molecule has 1 heteroatoms. The molecule has 0 unspecified atom stereocenters. The van der Waals surface area contributed by atoms with Crippen LogP contribution in [0.2, 0.25) is 0 Å². The monoisotopic (exact) mass is 613 g/mol. The fourth-order valence-corrected chi connectivity index (χ4v) is 7.87. The Labute approximate surface area is 282 Å². The van der Waals surface area contributed by atoms with Gasteiger partial charge in [-0.2, -0.15) is 0 Å². The average Bonchev–Trinajstić information content (AvgIpc) is 3.15. The Bertz CT molecular complexity index is 2450. The predicted molar refractivity (Wildman–Crippen MR) is 205 cm³/mol. The van der Waals surface area contributed by atoms with Crippen molar-refractivity contribution >= 4 is 38.6 Å². The molecule has 0 fully saturated rings. The third kappa shape index (κ3) is 4.47. The van der Waals surface area contributed by atoms with Crippen LogP contribution in [0, 0.1) is 0 Å². The molecule has 48 heavy (non-hydrogen) atoms. The lowest BCUT2D eigenvalue weighted by molar-refractivity contribution is 0.645. The summed E-state index contributed by atoms with van der Waals surface area (Å²) in [6.07, 6.45) is 0. The lowest BCUT2D eigenvalue weighted by Crippen LogP contribution is -2.24. The van der Waals surface area contributed by atoms with Crippen molar-refractivity contribution in [3.05, 3.63) is 187 Å². The maximum absolute atomic E-state index is 2.45. The number of fused-ring (bicyclic) bond motifs is 3. The first-order valence-electron chi connectivity index (χ1n) is 16.8. The first kappa shape index (κ1) is 28.3. The standard InChI is InChI=1S/C47H35N/c1-47(2)42-29-25-36(40-21-11-16-34-15-9-10-20-39(34)40)31-41(42)46-44(30-26-35-17-12-22-43(47)45(35)46)48(37-18-7-4-8-19-37)38-27-23-33(24-28-38)32-13-5-3-6-14-32/h3-31H,1-2H3. The van der Waals surface area contributed by atoms with Crippen molar-refractivity contribution in [3.63, 3.8) is 0 Å². The summed E-state index contributed by atoms with van der Waals surface area (Å²) in [4.78, 5) is 2.44. The van der Waals surface area contributed by atoms with Crippen LogP contribution in [0.15, 0.2) is 176 Å². The summed E-state index contributed by atoms with van der Waals surface area (Å²) < 4.78 is 0. The minimum absolute atomic E-state index is 0.160. The molecular formula is C47H35N. The molecule has 0 heterocycles. The van der Waals surface area contributed by atoms with Crippen molar-refractivity contribution in [1.29, 1.82) is 0 Å². The highest BCUT2D eigenvalue weighted by atomic mass is 15.1. The van der Waals surface area contributed by atoms with E-state index in [1.807, 2.05) is 0 Å². The SMILES string of the molecule is CC1(C)c2ccc(-c3cccc4ccccc34)cc2-c2c(N(c3ccccc3)c3ccc(-c4ccccc4)cc3)ccc3cccc1c23. The Morgan fingerprint density at radius 2 is 1.04 bits per heavy atom. The van der Waals surface area contributed by atoms with Crippen LogP contribution in [0.3, 0.4) is 0 Å². The van der Waals surface area contributed by atoms with Gasteiger partial charge in [0.15, 0.2) is 0 Å². The zero-order valence-corrected chi connectivity index (χ0v) is 27.2. The summed E-state index contributed by atoms with van der Waals surface area (Å²) in [5.41, 5.74) is 13.5. The van der Waals surface area contributed by atoms with Gasteiger partial charge in [0.25, 0.3) is 0 Å². The minimum atomic E-state index is -0.160. The molecule has 0 saturated heterocycles. The molecule has 1 aliphatic carbocycles. The summed E-state index contributed by atoms with van der Waals surface area (Å²) in [5, 5.41) is 5.14. The third-order valence-electron chi connectivity index (χ3n) is 10.2. The zero-order chi connectivity index (χ0) is 32.2. The molecule has 8 aromatic carbocycles. The molecule has 8 aromatic rings. The minimum Gasteiger partial charge on any atom is -0.310 e. The van der Waals surface area contributed by atoms with Gasteiger partial charge in [0.2, 0.25) is 0 Å². The molecule has 0 N–H and O–H groups in total. The van der Waals surface area contributed by atoms with Gasteiger partial charge in [-0.25, -0.2) is 0 Å². The van der Waals surface area contributed by atoms with Crippen LogP contribution in [-0.2, 0) is 5.41 Å². The van der Waals surface area contributed by atoms with E-state index in [1.165, 1.54) is 71.7 Å². The van der Waals surface area contributed by atoms with E-state index in [4.69, 9.17) is 0 Å². The molecule has 0 bridgehead atoms. The number of benzene rings is 8. The van der Waals surface area contributed by atoms with E-state index >= 15 is 0 Å². The first-order chi connectivity index (χ1) is 23.6. The maximum atomic E-state index is 2.45. The lowest BCUT2D eigenvalue weighted by atomic mass is 9.67. The van der Waals surface area contributed by atoms with Crippen molar-refractivity contribution in [2.45, 2.75) is 19.3 Å². The molecule has 228 valence electrons. The largest absolute Gasteiger partial charge is 0.310 e. The zero-order valence-electron chi connectivity index (χ0n) is 27.2. The van der Waals surface area contributed by atoms with Crippen LogP contribution in [0.4, 0.5) is 17.1 Å². The van der Waals surface area contributed by atoms with Gasteiger partial charge in [-0.1, -0.05) is 153 Å². The number of anilines is 3. The second kappa shape index (κ2) is 11.1. The first-order valence-corrected chi connectivity index (χ1v) is 16.8. The topological polar surface area (TPSA) is 3.24 Å². The van der Waals surface area contributed by atoms with E-state index in [1.54, 1.807) is 0 Å². The number of para-hydroxylation sites is 1. The van der Waals surface area contributed by atoms with Crippen LogP contribution < -0.4 is 4.90 Å². The fraction of sp³-hybridized carbons (Fsp3) is 0.0638. The van der Waals surface area contributed by atoms with Crippen LogP contribution in [0.5, 0.6) is 0 Å². The van der Waals surface area contributed by atoms with Gasteiger partial charge in [0.1, 0.15) is 0 Å². The second-order valence-corrected chi connectivity index (χ2v) is 13.4. The second-order valence-electron chi connectivity index (χ2n) is 13.4. The molecule has 0 aromatic heterocycles. The molecule has 0 aliphatic heterocycles. The Hall–Kier alpha value is -5.92. The van der Waals surface area contributed by atoms with E-state index in [-0.39, 0.29) is 5.41 Å². The number of hydrogen-bond donors (Lipinski definition) is 0. The molecule has 9 rings (SSSR count). The number of rotatable bonds is 5. The summed E-state index contributed by atoms with van der Waals surface area (Å²) in [7, 11) is 0. The summed E-state index contributed by atoms with van der Waals surface area (Å²) in [6, 6.07) is 64.4. The molecule has 0 radical (unpaired) electrons. The van der Waals surface area contributed by atoms with Gasteiger partial charge in [0, 0.05) is 22.4 Å². The van der Waals surface area contributed by atoms with Crippen molar-refractivity contribution < 1.29 is 0 Å². The number of nitrogens with zero attached hydrogens (tertiary/aromatic N) is 1. The molecule has 0 amide bonds. The molecule has 1 nitrogen and oxygen atoms in total. The van der Waals surface area contributed by atoms with Crippen LogP contribution in [-0.4, -0.2) is 0 Å². The molecular weight excluding hydrogens is 579 g/mol. The highest BCUT2D eigenvalue weighted by molar-refractivity contribution is 6.11. The van der Waals surface area contributed by atoms with Crippen molar-refractivity contribution in [1.82, 2.24) is 0 Å². The molecule has 0 atom stereocenters. The Morgan fingerprint density at radius 1 is 0.417 bits per heavy atom. The van der Waals surface area contributed by atoms with Crippen molar-refractivity contribution in [2.24, 2.45) is 0 Å². The fourth-order valence-electron chi connectivity index (χ4n) is 7.87. The highest BCUT2D eigenvalue weighted by Crippen LogP contribution is 2.54. The third-order valence-corrected chi connectivity index (χ3v) is 10.2. The summed E-state index contributed by atoms with van der Waals surface area (Å²) in [5.74, 6) is 0. The van der Waals surface area contributed by atoms with E-state index < -0.39 is 0 Å². The van der Waals surface area contributed by atoms with Crippen LogP contribution >= 0.6 is 0 Å².